The van der Waals surface area contributed by atoms with E-state index in [1.165, 1.54) is 6.07 Å². The average Bonchev–Trinajstić information content (AvgIpc) is 2.48. The summed E-state index contributed by atoms with van der Waals surface area (Å²) >= 11 is 5.82. The highest BCUT2D eigenvalue weighted by Gasteiger charge is 2.24. The number of esters is 1. The van der Waals surface area contributed by atoms with E-state index in [0.29, 0.717) is 10.7 Å². The fourth-order valence-electron chi connectivity index (χ4n) is 1.91. The number of rotatable bonds is 5. The van der Waals surface area contributed by atoms with Crippen LogP contribution in [0.2, 0.25) is 5.02 Å². The normalized spacial score (nSPS) is 11.8. The molecule has 3 nitrogen and oxygen atoms in total. The zero-order chi connectivity index (χ0) is 15.2. The minimum absolute atomic E-state index is 0.228. The molecular formula is C16H15ClFNO2. The molecule has 0 aliphatic rings. The van der Waals surface area contributed by atoms with Crippen LogP contribution in [0, 0.1) is 5.82 Å². The third kappa shape index (κ3) is 3.95. The molecule has 1 atom stereocenters. The number of ether oxygens (including phenoxy) is 1. The molecular weight excluding hydrogens is 293 g/mol. The quantitative estimate of drug-likeness (QED) is 0.842. The number of hydrogen-bond acceptors (Lipinski definition) is 3. The molecule has 110 valence electrons. The number of halogens is 2. The van der Waals surface area contributed by atoms with Crippen molar-refractivity contribution in [2.24, 2.45) is 0 Å². The Morgan fingerprint density at radius 3 is 2.52 bits per heavy atom. The maximum Gasteiger partial charge on any atom is 0.333 e. The molecule has 0 amide bonds. The monoisotopic (exact) mass is 307 g/mol. The fourth-order valence-corrected chi connectivity index (χ4v) is 2.04. The molecule has 2 aromatic carbocycles. The van der Waals surface area contributed by atoms with E-state index in [1.54, 1.807) is 49.4 Å². The molecule has 0 fully saturated rings. The topological polar surface area (TPSA) is 38.3 Å². The first-order valence-corrected chi connectivity index (χ1v) is 6.92. The smallest absolute Gasteiger partial charge is 0.333 e. The molecule has 0 heterocycles. The van der Waals surface area contributed by atoms with Crippen LogP contribution < -0.4 is 5.32 Å². The van der Waals surface area contributed by atoms with Crippen LogP contribution in [0.3, 0.4) is 0 Å². The molecule has 0 bridgehead atoms. The van der Waals surface area contributed by atoms with E-state index >= 15 is 0 Å². The van der Waals surface area contributed by atoms with Crippen LogP contribution in [0.5, 0.6) is 0 Å². The zero-order valence-corrected chi connectivity index (χ0v) is 12.2. The lowest BCUT2D eigenvalue weighted by molar-refractivity contribution is -0.144. The van der Waals surface area contributed by atoms with Crippen LogP contribution in [0.4, 0.5) is 10.1 Å². The summed E-state index contributed by atoms with van der Waals surface area (Å²) in [6.07, 6.45) is 0. The van der Waals surface area contributed by atoms with Gasteiger partial charge in [0.05, 0.1) is 6.61 Å². The maximum absolute atomic E-state index is 13.9. The number of nitrogens with one attached hydrogen (secondary N) is 1. The molecule has 0 saturated carbocycles. The minimum Gasteiger partial charge on any atom is -0.464 e. The summed E-state index contributed by atoms with van der Waals surface area (Å²) < 4.78 is 19.0. The van der Waals surface area contributed by atoms with Crippen LogP contribution in [0.25, 0.3) is 0 Å². The lowest BCUT2D eigenvalue weighted by Gasteiger charge is -2.19. The van der Waals surface area contributed by atoms with Crippen LogP contribution >= 0.6 is 11.6 Å². The van der Waals surface area contributed by atoms with Crippen LogP contribution in [-0.2, 0) is 9.53 Å². The van der Waals surface area contributed by atoms with Crippen LogP contribution in [0.15, 0.2) is 48.5 Å². The van der Waals surface area contributed by atoms with Crippen molar-refractivity contribution in [3.8, 4) is 0 Å². The van der Waals surface area contributed by atoms with Gasteiger partial charge in [0.1, 0.15) is 5.82 Å². The average molecular weight is 308 g/mol. The second-order valence-electron chi connectivity index (χ2n) is 4.36. The molecule has 0 aliphatic carbocycles. The highest BCUT2D eigenvalue weighted by molar-refractivity contribution is 6.30. The molecule has 1 N–H and O–H groups in total. The lowest BCUT2D eigenvalue weighted by Crippen LogP contribution is -2.24. The van der Waals surface area contributed by atoms with Gasteiger partial charge in [0.25, 0.3) is 0 Å². The van der Waals surface area contributed by atoms with E-state index < -0.39 is 17.8 Å². The Kier molecular flexibility index (Phi) is 5.17. The van der Waals surface area contributed by atoms with Crippen molar-refractivity contribution in [2.45, 2.75) is 13.0 Å². The summed E-state index contributed by atoms with van der Waals surface area (Å²) in [5.74, 6) is -0.991. The molecule has 2 aromatic rings. The van der Waals surface area contributed by atoms with Gasteiger partial charge in [-0.05, 0) is 37.3 Å². The van der Waals surface area contributed by atoms with Gasteiger partial charge in [0, 0.05) is 16.3 Å². The lowest BCUT2D eigenvalue weighted by atomic mass is 10.1. The highest BCUT2D eigenvalue weighted by Crippen LogP contribution is 2.24. The number of carbonyl (C=O) groups is 1. The molecule has 5 heteroatoms. The van der Waals surface area contributed by atoms with Gasteiger partial charge in [-0.15, -0.1) is 0 Å². The standard InChI is InChI=1S/C16H15ClFNO2/c1-2-21-16(20)15(13-5-3-4-6-14(13)18)19-12-9-7-11(17)8-10-12/h3-10,15,19H,2H2,1H3. The maximum atomic E-state index is 13.9. The minimum atomic E-state index is -0.910. The molecule has 0 aliphatic heterocycles. The van der Waals surface area contributed by atoms with E-state index in [-0.39, 0.29) is 12.2 Å². The summed E-state index contributed by atoms with van der Waals surface area (Å²) in [7, 11) is 0. The Bertz CT molecular complexity index is 616. The number of hydrogen-bond donors (Lipinski definition) is 1. The Morgan fingerprint density at radius 1 is 1.24 bits per heavy atom. The van der Waals surface area contributed by atoms with E-state index in [0.717, 1.165) is 0 Å². The van der Waals surface area contributed by atoms with Crippen molar-refractivity contribution in [2.75, 3.05) is 11.9 Å². The second kappa shape index (κ2) is 7.09. The molecule has 0 saturated heterocycles. The van der Waals surface area contributed by atoms with Crippen molar-refractivity contribution >= 4 is 23.3 Å². The van der Waals surface area contributed by atoms with E-state index in [2.05, 4.69) is 5.32 Å². The predicted octanol–water partition coefficient (Wildman–Crippen LogP) is 4.20. The molecule has 21 heavy (non-hydrogen) atoms. The molecule has 2 rings (SSSR count). The third-order valence-corrected chi connectivity index (χ3v) is 3.15. The molecule has 1 unspecified atom stereocenters. The van der Waals surface area contributed by atoms with Gasteiger partial charge < -0.3 is 10.1 Å². The van der Waals surface area contributed by atoms with Crippen molar-refractivity contribution in [1.29, 1.82) is 0 Å². The van der Waals surface area contributed by atoms with Gasteiger partial charge in [0.15, 0.2) is 6.04 Å². The second-order valence-corrected chi connectivity index (χ2v) is 4.79. The number of carbonyl (C=O) groups excluding carboxylic acids is 1. The van der Waals surface area contributed by atoms with Crippen molar-refractivity contribution in [3.63, 3.8) is 0 Å². The van der Waals surface area contributed by atoms with E-state index in [4.69, 9.17) is 16.3 Å². The highest BCUT2D eigenvalue weighted by atomic mass is 35.5. The molecule has 0 aromatic heterocycles. The summed E-state index contributed by atoms with van der Waals surface area (Å²) in [6, 6.07) is 12.0. The Hall–Kier alpha value is -2.07. The van der Waals surface area contributed by atoms with Crippen molar-refractivity contribution in [3.05, 3.63) is 64.9 Å². The van der Waals surface area contributed by atoms with Gasteiger partial charge >= 0.3 is 5.97 Å². The van der Waals surface area contributed by atoms with Gasteiger partial charge in [0.2, 0.25) is 0 Å². The first-order valence-electron chi connectivity index (χ1n) is 6.55. The zero-order valence-electron chi connectivity index (χ0n) is 11.5. The summed E-state index contributed by atoms with van der Waals surface area (Å²) in [4.78, 5) is 12.1. The van der Waals surface area contributed by atoms with Gasteiger partial charge in [-0.3, -0.25) is 0 Å². The number of anilines is 1. The van der Waals surface area contributed by atoms with Crippen LogP contribution in [0.1, 0.15) is 18.5 Å². The number of benzene rings is 2. The van der Waals surface area contributed by atoms with Gasteiger partial charge in [-0.25, -0.2) is 9.18 Å². The van der Waals surface area contributed by atoms with Crippen molar-refractivity contribution in [1.82, 2.24) is 0 Å². The first-order chi connectivity index (χ1) is 10.1. The SMILES string of the molecule is CCOC(=O)C(Nc1ccc(Cl)cc1)c1ccccc1F. The third-order valence-electron chi connectivity index (χ3n) is 2.89. The predicted molar refractivity (Wildman–Crippen MR) is 80.8 cm³/mol. The van der Waals surface area contributed by atoms with Gasteiger partial charge in [-0.1, -0.05) is 29.8 Å². The largest absolute Gasteiger partial charge is 0.464 e. The summed E-state index contributed by atoms with van der Waals surface area (Å²) in [5.41, 5.74) is 0.895. The molecule has 0 radical (unpaired) electrons. The van der Waals surface area contributed by atoms with Gasteiger partial charge in [-0.2, -0.15) is 0 Å². The first kappa shape index (κ1) is 15.3. The summed E-state index contributed by atoms with van der Waals surface area (Å²) in [6.45, 7) is 1.94. The van der Waals surface area contributed by atoms with E-state index in [1.807, 2.05) is 0 Å². The Balaban J connectivity index is 2.30. The fraction of sp³-hybridized carbons (Fsp3) is 0.188. The van der Waals surface area contributed by atoms with Crippen LogP contribution in [-0.4, -0.2) is 12.6 Å². The summed E-state index contributed by atoms with van der Waals surface area (Å²) in [5, 5.41) is 3.56. The molecule has 0 spiro atoms. The van der Waals surface area contributed by atoms with Crippen molar-refractivity contribution < 1.29 is 13.9 Å². The van der Waals surface area contributed by atoms with E-state index in [9.17, 15) is 9.18 Å². The Labute approximate surface area is 127 Å². The Morgan fingerprint density at radius 2 is 1.90 bits per heavy atom.